The van der Waals surface area contributed by atoms with Gasteiger partial charge >= 0.3 is 0 Å². The summed E-state index contributed by atoms with van der Waals surface area (Å²) in [5, 5.41) is 7.15. The van der Waals surface area contributed by atoms with Crippen LogP contribution < -0.4 is 10.6 Å². The van der Waals surface area contributed by atoms with Crippen LogP contribution in [0.1, 0.15) is 30.9 Å². The summed E-state index contributed by atoms with van der Waals surface area (Å²) < 4.78 is 13.3. The molecule has 0 radical (unpaired) electrons. The second kappa shape index (κ2) is 6.60. The fourth-order valence-electron chi connectivity index (χ4n) is 4.36. The number of aromatic nitrogens is 1. The standard InChI is InChI=1S/C21H24FN3/c1-15-12-18(8-11-24-15)21(17-6-9-23-10-7-17)13-20(25-14-21)16-2-4-19(22)5-3-16/h2-7,9-10,13,15,18,24-25H,8,11-12,14H2,1H3. The molecule has 2 aromatic rings. The quantitative estimate of drug-likeness (QED) is 0.900. The molecule has 4 heteroatoms. The maximum absolute atomic E-state index is 13.3. The Morgan fingerprint density at radius 2 is 1.88 bits per heavy atom. The Morgan fingerprint density at radius 1 is 1.12 bits per heavy atom. The van der Waals surface area contributed by atoms with Gasteiger partial charge in [0, 0.05) is 36.1 Å². The van der Waals surface area contributed by atoms with Crippen molar-refractivity contribution in [3.05, 3.63) is 71.8 Å². The molecule has 3 nitrogen and oxygen atoms in total. The zero-order valence-electron chi connectivity index (χ0n) is 14.5. The molecule has 4 rings (SSSR count). The number of piperidine rings is 1. The summed E-state index contributed by atoms with van der Waals surface area (Å²) in [6, 6.07) is 11.6. The Bertz CT molecular complexity index is 756. The molecule has 0 amide bonds. The van der Waals surface area contributed by atoms with Gasteiger partial charge in [0.05, 0.1) is 0 Å². The van der Waals surface area contributed by atoms with E-state index in [0.717, 1.165) is 37.2 Å². The average Bonchev–Trinajstić information content (AvgIpc) is 3.10. The van der Waals surface area contributed by atoms with Gasteiger partial charge in [0.1, 0.15) is 5.82 Å². The lowest BCUT2D eigenvalue weighted by Crippen LogP contribution is -2.46. The van der Waals surface area contributed by atoms with E-state index < -0.39 is 0 Å². The van der Waals surface area contributed by atoms with E-state index in [-0.39, 0.29) is 11.2 Å². The molecule has 25 heavy (non-hydrogen) atoms. The molecule has 2 aliphatic heterocycles. The smallest absolute Gasteiger partial charge is 0.123 e. The van der Waals surface area contributed by atoms with Gasteiger partial charge in [-0.15, -0.1) is 0 Å². The van der Waals surface area contributed by atoms with E-state index in [1.807, 2.05) is 24.5 Å². The van der Waals surface area contributed by atoms with E-state index in [2.05, 4.69) is 40.8 Å². The molecular weight excluding hydrogens is 313 g/mol. The van der Waals surface area contributed by atoms with Crippen molar-refractivity contribution < 1.29 is 4.39 Å². The number of halogens is 1. The Kier molecular flexibility index (Phi) is 4.30. The lowest BCUT2D eigenvalue weighted by atomic mass is 9.66. The van der Waals surface area contributed by atoms with E-state index in [4.69, 9.17) is 0 Å². The Hall–Kier alpha value is -2.20. The molecule has 1 saturated heterocycles. The van der Waals surface area contributed by atoms with Crippen LogP contribution in [0.5, 0.6) is 0 Å². The van der Waals surface area contributed by atoms with Gasteiger partial charge in [-0.05, 0) is 73.7 Å². The summed E-state index contributed by atoms with van der Waals surface area (Å²) in [7, 11) is 0. The lowest BCUT2D eigenvalue weighted by molar-refractivity contribution is 0.230. The summed E-state index contributed by atoms with van der Waals surface area (Å²) in [6.45, 7) is 4.19. The van der Waals surface area contributed by atoms with Gasteiger partial charge in [0.15, 0.2) is 0 Å². The van der Waals surface area contributed by atoms with Crippen molar-refractivity contribution in [2.24, 2.45) is 5.92 Å². The van der Waals surface area contributed by atoms with Gasteiger partial charge in [-0.1, -0.05) is 12.1 Å². The number of rotatable bonds is 3. The normalized spacial score (nSPS) is 29.1. The monoisotopic (exact) mass is 337 g/mol. The van der Waals surface area contributed by atoms with Crippen LogP contribution >= 0.6 is 0 Å². The Labute approximate surface area is 148 Å². The van der Waals surface area contributed by atoms with E-state index in [9.17, 15) is 4.39 Å². The number of nitrogens with one attached hydrogen (secondary N) is 2. The van der Waals surface area contributed by atoms with Gasteiger partial charge in [-0.3, -0.25) is 4.98 Å². The summed E-state index contributed by atoms with van der Waals surface area (Å²) in [4.78, 5) is 4.20. The molecule has 0 aliphatic carbocycles. The molecule has 1 fully saturated rings. The second-order valence-electron chi connectivity index (χ2n) is 7.27. The van der Waals surface area contributed by atoms with Gasteiger partial charge in [0.25, 0.3) is 0 Å². The second-order valence-corrected chi connectivity index (χ2v) is 7.27. The first-order valence-electron chi connectivity index (χ1n) is 9.04. The minimum Gasteiger partial charge on any atom is -0.384 e. The molecule has 3 heterocycles. The van der Waals surface area contributed by atoms with E-state index in [1.54, 1.807) is 0 Å². The van der Waals surface area contributed by atoms with E-state index in [0.29, 0.717) is 12.0 Å². The topological polar surface area (TPSA) is 37.0 Å². The minimum atomic E-state index is -0.199. The highest BCUT2D eigenvalue weighted by Crippen LogP contribution is 2.44. The number of hydrogen-bond donors (Lipinski definition) is 2. The van der Waals surface area contributed by atoms with Crippen LogP contribution in [-0.2, 0) is 5.41 Å². The fraction of sp³-hybridized carbons (Fsp3) is 0.381. The highest BCUT2D eigenvalue weighted by atomic mass is 19.1. The Morgan fingerprint density at radius 3 is 2.60 bits per heavy atom. The third-order valence-electron chi connectivity index (χ3n) is 5.70. The molecule has 130 valence electrons. The van der Waals surface area contributed by atoms with Crippen LogP contribution in [0.15, 0.2) is 54.9 Å². The number of pyridine rings is 1. The first-order chi connectivity index (χ1) is 12.2. The molecular formula is C21H24FN3. The third-order valence-corrected chi connectivity index (χ3v) is 5.70. The molecule has 3 unspecified atom stereocenters. The lowest BCUT2D eigenvalue weighted by Gasteiger charge is -2.41. The van der Waals surface area contributed by atoms with Gasteiger partial charge < -0.3 is 10.6 Å². The molecule has 2 N–H and O–H groups in total. The number of benzene rings is 1. The predicted octanol–water partition coefficient (Wildman–Crippen LogP) is 3.49. The fourth-order valence-corrected chi connectivity index (χ4v) is 4.36. The van der Waals surface area contributed by atoms with Crippen molar-refractivity contribution in [2.75, 3.05) is 13.1 Å². The highest BCUT2D eigenvalue weighted by Gasteiger charge is 2.43. The van der Waals surface area contributed by atoms with Crippen LogP contribution in [0.4, 0.5) is 4.39 Å². The van der Waals surface area contributed by atoms with Gasteiger partial charge in [0.2, 0.25) is 0 Å². The minimum absolute atomic E-state index is 0.0387. The molecule has 0 saturated carbocycles. The first-order valence-corrected chi connectivity index (χ1v) is 9.04. The molecule has 3 atom stereocenters. The van der Waals surface area contributed by atoms with Crippen molar-refractivity contribution in [1.82, 2.24) is 15.6 Å². The van der Waals surface area contributed by atoms with Crippen LogP contribution in [0.3, 0.4) is 0 Å². The van der Waals surface area contributed by atoms with E-state index >= 15 is 0 Å². The zero-order valence-corrected chi connectivity index (χ0v) is 14.5. The maximum atomic E-state index is 13.3. The zero-order chi connectivity index (χ0) is 17.3. The van der Waals surface area contributed by atoms with Crippen molar-refractivity contribution in [3.8, 4) is 0 Å². The molecule has 1 aromatic heterocycles. The van der Waals surface area contributed by atoms with Crippen molar-refractivity contribution >= 4 is 5.70 Å². The van der Waals surface area contributed by atoms with Crippen LogP contribution in [0, 0.1) is 11.7 Å². The van der Waals surface area contributed by atoms with Crippen LogP contribution in [0.25, 0.3) is 5.70 Å². The summed E-state index contributed by atoms with van der Waals surface area (Å²) in [5.74, 6) is 0.367. The summed E-state index contributed by atoms with van der Waals surface area (Å²) in [5.41, 5.74) is 3.41. The number of hydrogen-bond acceptors (Lipinski definition) is 3. The van der Waals surface area contributed by atoms with Crippen molar-refractivity contribution in [3.63, 3.8) is 0 Å². The van der Waals surface area contributed by atoms with Crippen molar-refractivity contribution in [2.45, 2.75) is 31.2 Å². The van der Waals surface area contributed by atoms with Gasteiger partial charge in [-0.2, -0.15) is 0 Å². The van der Waals surface area contributed by atoms with Crippen molar-refractivity contribution in [1.29, 1.82) is 0 Å². The van der Waals surface area contributed by atoms with Crippen LogP contribution in [0.2, 0.25) is 0 Å². The average molecular weight is 337 g/mol. The SMILES string of the molecule is CC1CC(C2(c3ccncc3)C=C(c3ccc(F)cc3)NC2)CCN1. The highest BCUT2D eigenvalue weighted by molar-refractivity contribution is 5.69. The van der Waals surface area contributed by atoms with Gasteiger partial charge in [-0.25, -0.2) is 4.39 Å². The summed E-state index contributed by atoms with van der Waals surface area (Å²) in [6.07, 6.45) is 8.44. The van der Waals surface area contributed by atoms with Crippen LogP contribution in [-0.4, -0.2) is 24.1 Å². The largest absolute Gasteiger partial charge is 0.384 e. The molecule has 0 bridgehead atoms. The van der Waals surface area contributed by atoms with E-state index in [1.165, 1.54) is 17.7 Å². The third kappa shape index (κ3) is 3.07. The first kappa shape index (κ1) is 16.3. The number of nitrogens with zero attached hydrogens (tertiary/aromatic N) is 1. The molecule has 1 aromatic carbocycles. The molecule has 0 spiro atoms. The molecule has 2 aliphatic rings. The Balaban J connectivity index is 1.75. The maximum Gasteiger partial charge on any atom is 0.123 e. The predicted molar refractivity (Wildman–Crippen MR) is 98.5 cm³/mol. The summed E-state index contributed by atoms with van der Waals surface area (Å²) >= 11 is 0.